The predicted molar refractivity (Wildman–Crippen MR) is 130 cm³/mol. The van der Waals surface area contributed by atoms with Gasteiger partial charge in [-0.3, -0.25) is 14.4 Å². The number of aliphatic hydroxyl groups excluding tert-OH is 1. The van der Waals surface area contributed by atoms with Gasteiger partial charge in [-0.25, -0.2) is 4.79 Å². The van der Waals surface area contributed by atoms with E-state index in [0.717, 1.165) is 12.0 Å². The van der Waals surface area contributed by atoms with Gasteiger partial charge in [-0.05, 0) is 52.2 Å². The normalized spacial score (nSPS) is 12.8. The number of hydrogen-bond donors (Lipinski definition) is 3. The molecule has 2 unspecified atom stereocenters. The minimum Gasteiger partial charge on any atom is -0.466 e. The molecule has 3 N–H and O–H groups in total. The number of carbonyl (C=O) groups is 4. The molecule has 0 aliphatic carbocycles. The van der Waals surface area contributed by atoms with Gasteiger partial charge < -0.3 is 30.1 Å². The summed E-state index contributed by atoms with van der Waals surface area (Å²) in [7, 11) is 0. The Morgan fingerprint density at radius 3 is 2.17 bits per heavy atom. The third kappa shape index (κ3) is 9.94. The molecule has 0 radical (unpaired) electrons. The van der Waals surface area contributed by atoms with Gasteiger partial charge in [0.2, 0.25) is 11.8 Å². The van der Waals surface area contributed by atoms with Crippen LogP contribution in [-0.4, -0.2) is 71.8 Å². The molecular formula is C25H39N3O7. The largest absolute Gasteiger partial charge is 0.466 e. The lowest BCUT2D eigenvalue weighted by molar-refractivity contribution is -0.144. The smallest absolute Gasteiger partial charge is 0.408 e. The number of nitrogens with zero attached hydrogens (tertiary/aromatic N) is 1. The molecule has 3 amide bonds. The zero-order chi connectivity index (χ0) is 26.6. The van der Waals surface area contributed by atoms with E-state index in [-0.39, 0.29) is 26.1 Å². The molecule has 0 fully saturated rings. The van der Waals surface area contributed by atoms with E-state index >= 15 is 0 Å². The lowest BCUT2D eigenvalue weighted by Crippen LogP contribution is -2.54. The van der Waals surface area contributed by atoms with Crippen molar-refractivity contribution >= 4 is 23.9 Å². The SMILES string of the molecule is CCOC(=O)CCNC(=O)C(c1ccc(CC)cc1)N(CC)C(=O)C(CO)NC(=O)OC(C)(C)C. The first-order chi connectivity index (χ1) is 16.5. The van der Waals surface area contributed by atoms with Crippen LogP contribution >= 0.6 is 0 Å². The Labute approximate surface area is 207 Å². The van der Waals surface area contributed by atoms with Crippen molar-refractivity contribution in [2.75, 3.05) is 26.3 Å². The van der Waals surface area contributed by atoms with Crippen molar-refractivity contribution in [2.45, 2.75) is 72.1 Å². The van der Waals surface area contributed by atoms with Crippen LogP contribution in [0.2, 0.25) is 0 Å². The lowest BCUT2D eigenvalue weighted by atomic mass is 10.0. The summed E-state index contributed by atoms with van der Waals surface area (Å²) in [4.78, 5) is 51.7. The van der Waals surface area contributed by atoms with Gasteiger partial charge >= 0.3 is 12.1 Å². The van der Waals surface area contributed by atoms with E-state index in [4.69, 9.17) is 9.47 Å². The lowest BCUT2D eigenvalue weighted by Gasteiger charge is -2.33. The van der Waals surface area contributed by atoms with Crippen LogP contribution in [0.15, 0.2) is 24.3 Å². The highest BCUT2D eigenvalue weighted by Gasteiger charge is 2.35. The Balaban J connectivity index is 3.18. The molecular weight excluding hydrogens is 454 g/mol. The second-order valence-corrected chi connectivity index (χ2v) is 8.85. The van der Waals surface area contributed by atoms with Crippen molar-refractivity contribution in [3.8, 4) is 0 Å². The van der Waals surface area contributed by atoms with Crippen LogP contribution in [0.1, 0.15) is 65.1 Å². The second-order valence-electron chi connectivity index (χ2n) is 8.85. The second kappa shape index (κ2) is 14.3. The minimum absolute atomic E-state index is 0.0133. The number of amides is 3. The van der Waals surface area contributed by atoms with Gasteiger partial charge in [0.15, 0.2) is 0 Å². The van der Waals surface area contributed by atoms with Crippen molar-refractivity contribution in [3.05, 3.63) is 35.4 Å². The molecule has 0 saturated heterocycles. The van der Waals surface area contributed by atoms with Crippen molar-refractivity contribution in [1.82, 2.24) is 15.5 Å². The summed E-state index contributed by atoms with van der Waals surface area (Å²) < 4.78 is 10.1. The molecule has 0 spiro atoms. The van der Waals surface area contributed by atoms with E-state index in [1.54, 1.807) is 46.8 Å². The fourth-order valence-corrected chi connectivity index (χ4v) is 3.33. The number of esters is 1. The summed E-state index contributed by atoms with van der Waals surface area (Å²) in [6, 6.07) is 4.91. The maximum atomic E-state index is 13.4. The monoisotopic (exact) mass is 493 g/mol. The van der Waals surface area contributed by atoms with Crippen LogP contribution in [0.3, 0.4) is 0 Å². The Morgan fingerprint density at radius 2 is 1.69 bits per heavy atom. The number of aliphatic hydroxyl groups is 1. The third-order valence-corrected chi connectivity index (χ3v) is 4.99. The zero-order valence-electron chi connectivity index (χ0n) is 21.6. The van der Waals surface area contributed by atoms with E-state index < -0.39 is 48.2 Å². The highest BCUT2D eigenvalue weighted by molar-refractivity contribution is 5.92. The molecule has 0 heterocycles. The summed E-state index contributed by atoms with van der Waals surface area (Å²) in [5, 5.41) is 14.9. The minimum atomic E-state index is -1.31. The molecule has 35 heavy (non-hydrogen) atoms. The molecule has 1 aromatic rings. The summed E-state index contributed by atoms with van der Waals surface area (Å²) >= 11 is 0. The summed E-state index contributed by atoms with van der Waals surface area (Å²) in [6.45, 7) is 10.1. The maximum absolute atomic E-state index is 13.4. The average Bonchev–Trinajstić information content (AvgIpc) is 2.79. The number of alkyl carbamates (subject to hydrolysis) is 1. The van der Waals surface area contributed by atoms with Gasteiger partial charge in [-0.15, -0.1) is 0 Å². The van der Waals surface area contributed by atoms with Crippen LogP contribution in [0, 0.1) is 0 Å². The quantitative estimate of drug-likeness (QED) is 0.380. The molecule has 196 valence electrons. The molecule has 0 saturated carbocycles. The molecule has 0 aromatic heterocycles. The molecule has 10 heteroatoms. The van der Waals surface area contributed by atoms with Gasteiger partial charge in [-0.1, -0.05) is 31.2 Å². The number of likely N-dealkylation sites (N-methyl/N-ethyl adjacent to an activating group) is 1. The van der Waals surface area contributed by atoms with Crippen LogP contribution in [0.4, 0.5) is 4.79 Å². The number of benzene rings is 1. The Hall–Kier alpha value is -3.14. The van der Waals surface area contributed by atoms with Crippen molar-refractivity contribution in [3.63, 3.8) is 0 Å². The molecule has 0 bridgehead atoms. The van der Waals surface area contributed by atoms with Crippen LogP contribution in [0.25, 0.3) is 0 Å². The van der Waals surface area contributed by atoms with Gasteiger partial charge in [0, 0.05) is 13.1 Å². The fourth-order valence-electron chi connectivity index (χ4n) is 3.33. The first kappa shape index (κ1) is 29.9. The van der Waals surface area contributed by atoms with Crippen LogP contribution in [-0.2, 0) is 30.3 Å². The van der Waals surface area contributed by atoms with Gasteiger partial charge in [0.1, 0.15) is 17.7 Å². The van der Waals surface area contributed by atoms with Crippen molar-refractivity contribution < 1.29 is 33.8 Å². The van der Waals surface area contributed by atoms with Crippen LogP contribution in [0.5, 0.6) is 0 Å². The number of ether oxygens (including phenoxy) is 2. The molecule has 10 nitrogen and oxygen atoms in total. The van der Waals surface area contributed by atoms with E-state index in [0.29, 0.717) is 5.56 Å². The highest BCUT2D eigenvalue weighted by Crippen LogP contribution is 2.23. The Kier molecular flexibility index (Phi) is 12.2. The number of hydrogen-bond acceptors (Lipinski definition) is 7. The first-order valence-electron chi connectivity index (χ1n) is 11.9. The summed E-state index contributed by atoms with van der Waals surface area (Å²) in [5.74, 6) is -1.59. The Morgan fingerprint density at radius 1 is 1.06 bits per heavy atom. The molecule has 1 aromatic carbocycles. The number of aryl methyl sites for hydroxylation is 1. The van der Waals surface area contributed by atoms with Crippen molar-refractivity contribution in [1.29, 1.82) is 0 Å². The zero-order valence-corrected chi connectivity index (χ0v) is 21.6. The third-order valence-electron chi connectivity index (χ3n) is 4.99. The van der Waals surface area contributed by atoms with Crippen LogP contribution < -0.4 is 10.6 Å². The average molecular weight is 494 g/mol. The Bertz CT molecular complexity index is 850. The fraction of sp³-hybridized carbons (Fsp3) is 0.600. The first-order valence-corrected chi connectivity index (χ1v) is 11.9. The number of nitrogens with one attached hydrogen (secondary N) is 2. The molecule has 2 atom stereocenters. The van der Waals surface area contributed by atoms with E-state index in [2.05, 4.69) is 10.6 Å². The van der Waals surface area contributed by atoms with Crippen molar-refractivity contribution in [2.24, 2.45) is 0 Å². The van der Waals surface area contributed by atoms with Gasteiger partial charge in [0.25, 0.3) is 0 Å². The number of rotatable bonds is 12. The molecule has 0 aliphatic rings. The topological polar surface area (TPSA) is 134 Å². The molecule has 0 aliphatic heterocycles. The van der Waals surface area contributed by atoms with E-state index in [1.807, 2.05) is 19.1 Å². The molecule has 1 rings (SSSR count). The van der Waals surface area contributed by atoms with E-state index in [9.17, 15) is 24.3 Å². The predicted octanol–water partition coefficient (Wildman–Crippen LogP) is 2.09. The standard InChI is InChI=1S/C25H39N3O7/c1-7-17-10-12-18(13-11-17)21(22(31)26-15-14-20(30)34-9-3)28(8-2)23(32)19(16-29)27-24(33)35-25(4,5)6/h10-13,19,21,29H,7-9,14-16H2,1-6H3,(H,26,31)(H,27,33). The highest BCUT2D eigenvalue weighted by atomic mass is 16.6. The number of carbonyl (C=O) groups excluding carboxylic acids is 4. The maximum Gasteiger partial charge on any atom is 0.408 e. The summed E-state index contributed by atoms with van der Waals surface area (Å²) in [5.41, 5.74) is 0.823. The van der Waals surface area contributed by atoms with Gasteiger partial charge in [-0.2, -0.15) is 0 Å². The van der Waals surface area contributed by atoms with E-state index in [1.165, 1.54) is 4.90 Å². The van der Waals surface area contributed by atoms with Gasteiger partial charge in [0.05, 0.1) is 19.6 Å². The summed E-state index contributed by atoms with van der Waals surface area (Å²) in [6.07, 6.45) is -0.0659.